The molecule has 0 bridgehead atoms. The molecule has 0 aliphatic carbocycles. The number of hydrogen-bond donors (Lipinski definition) is 1. The van der Waals surface area contributed by atoms with Crippen LogP contribution in [0.1, 0.15) is 41.2 Å². The molecule has 164 valence electrons. The lowest BCUT2D eigenvalue weighted by Gasteiger charge is -2.13. The lowest BCUT2D eigenvalue weighted by Crippen LogP contribution is -2.28. The Hall–Kier alpha value is -3.27. The fraction of sp³-hybridized carbons (Fsp3) is 0.286. The van der Waals surface area contributed by atoms with Crippen molar-refractivity contribution >= 4 is 5.91 Å². The third kappa shape index (κ3) is 5.66. The molecule has 1 unspecified atom stereocenters. The van der Waals surface area contributed by atoms with Crippen LogP contribution in [0.2, 0.25) is 0 Å². The van der Waals surface area contributed by atoms with Gasteiger partial charge in [-0.05, 0) is 43.2 Å². The van der Waals surface area contributed by atoms with E-state index >= 15 is 0 Å². The van der Waals surface area contributed by atoms with Gasteiger partial charge in [0.25, 0.3) is 5.91 Å². The molecular weight excluding hydrogens is 416 g/mol. The van der Waals surface area contributed by atoms with E-state index in [9.17, 15) is 22.4 Å². The molecule has 0 fully saturated rings. The molecule has 31 heavy (non-hydrogen) atoms. The Kier molecular flexibility index (Phi) is 7.01. The second-order valence-electron chi connectivity index (χ2n) is 6.71. The number of hydrogen-bond acceptors (Lipinski definition) is 4. The van der Waals surface area contributed by atoms with E-state index in [1.165, 1.54) is 0 Å². The summed E-state index contributed by atoms with van der Waals surface area (Å²) in [5.74, 6) is -1.61. The zero-order valence-electron chi connectivity index (χ0n) is 16.6. The number of aromatic nitrogens is 3. The number of carbonyl (C=O) groups is 1. The first-order chi connectivity index (χ1) is 14.8. The third-order valence-corrected chi connectivity index (χ3v) is 4.47. The Labute approximate surface area is 175 Å². The van der Waals surface area contributed by atoms with E-state index in [1.54, 1.807) is 0 Å². The minimum atomic E-state index is -4.89. The molecule has 0 spiro atoms. The van der Waals surface area contributed by atoms with Gasteiger partial charge in [-0.15, -0.1) is 5.10 Å². The average molecular weight is 436 g/mol. The van der Waals surface area contributed by atoms with Crippen molar-refractivity contribution in [2.24, 2.45) is 0 Å². The van der Waals surface area contributed by atoms with Crippen LogP contribution in [0.15, 0.2) is 54.6 Å². The molecule has 6 nitrogen and oxygen atoms in total. The summed E-state index contributed by atoms with van der Waals surface area (Å²) in [6.45, 7) is 2.29. The van der Waals surface area contributed by atoms with E-state index in [4.69, 9.17) is 4.74 Å². The van der Waals surface area contributed by atoms with Crippen LogP contribution < -0.4 is 5.32 Å². The molecule has 3 rings (SSSR count). The average Bonchev–Trinajstić information content (AvgIpc) is 3.20. The van der Waals surface area contributed by atoms with Gasteiger partial charge in [0.2, 0.25) is 0 Å². The van der Waals surface area contributed by atoms with E-state index in [0.717, 1.165) is 29.8 Å². The lowest BCUT2D eigenvalue weighted by molar-refractivity contribution is -0.143. The maximum Gasteiger partial charge on any atom is 0.435 e. The number of halogens is 4. The van der Waals surface area contributed by atoms with Crippen molar-refractivity contribution in [3.8, 4) is 5.69 Å². The molecule has 10 heteroatoms. The number of amides is 1. The van der Waals surface area contributed by atoms with Gasteiger partial charge in [0.1, 0.15) is 5.82 Å². The Morgan fingerprint density at radius 2 is 1.81 bits per heavy atom. The summed E-state index contributed by atoms with van der Waals surface area (Å²) < 4.78 is 60.0. The monoisotopic (exact) mass is 436 g/mol. The summed E-state index contributed by atoms with van der Waals surface area (Å²) in [5, 5.41) is 9.25. The number of benzene rings is 2. The van der Waals surface area contributed by atoms with Crippen LogP contribution in [0.25, 0.3) is 5.69 Å². The number of nitrogens with one attached hydrogen (secondary N) is 1. The smallest absolute Gasteiger partial charge is 0.374 e. The van der Waals surface area contributed by atoms with E-state index < -0.39 is 29.3 Å². The molecule has 1 heterocycles. The summed E-state index contributed by atoms with van der Waals surface area (Å²) >= 11 is 0. The summed E-state index contributed by atoms with van der Waals surface area (Å²) in [4.78, 5) is 12.3. The third-order valence-electron chi connectivity index (χ3n) is 4.47. The zero-order chi connectivity index (χ0) is 22.4. The minimum Gasteiger partial charge on any atom is -0.374 e. The summed E-state index contributed by atoms with van der Waals surface area (Å²) in [6.07, 6.45) is -4.64. The van der Waals surface area contributed by atoms with E-state index in [0.29, 0.717) is 17.7 Å². The molecule has 3 aromatic rings. The molecule has 0 aliphatic rings. The SMILES string of the molecule is CC(OCCCNC(=O)c1nnn(-c2ccc(F)cc2)c1C(F)(F)F)c1ccccc1. The highest BCUT2D eigenvalue weighted by Gasteiger charge is 2.41. The van der Waals surface area contributed by atoms with Crippen LogP contribution in [-0.4, -0.2) is 34.1 Å². The highest BCUT2D eigenvalue weighted by Crippen LogP contribution is 2.32. The van der Waals surface area contributed by atoms with E-state index in [2.05, 4.69) is 15.6 Å². The van der Waals surface area contributed by atoms with Gasteiger partial charge in [0.05, 0.1) is 11.8 Å². The van der Waals surface area contributed by atoms with Crippen LogP contribution in [0.3, 0.4) is 0 Å². The number of rotatable bonds is 8. The van der Waals surface area contributed by atoms with E-state index in [1.807, 2.05) is 37.3 Å². The topological polar surface area (TPSA) is 69.0 Å². The molecule has 1 atom stereocenters. The zero-order valence-corrected chi connectivity index (χ0v) is 16.6. The van der Waals surface area contributed by atoms with Crippen LogP contribution in [0.4, 0.5) is 17.6 Å². The van der Waals surface area contributed by atoms with E-state index in [-0.39, 0.29) is 18.3 Å². The number of ether oxygens (including phenoxy) is 1. The molecular formula is C21H20F4N4O2. The fourth-order valence-electron chi connectivity index (χ4n) is 2.89. The molecule has 1 amide bonds. The highest BCUT2D eigenvalue weighted by atomic mass is 19.4. The van der Waals surface area contributed by atoms with Gasteiger partial charge < -0.3 is 10.1 Å². The first-order valence-corrected chi connectivity index (χ1v) is 9.51. The molecule has 1 aromatic heterocycles. The summed E-state index contributed by atoms with van der Waals surface area (Å²) in [6, 6.07) is 13.8. The van der Waals surface area contributed by atoms with Gasteiger partial charge in [-0.2, -0.15) is 13.2 Å². The number of nitrogens with zero attached hydrogens (tertiary/aromatic N) is 3. The second kappa shape index (κ2) is 9.69. The van der Waals surface area contributed by atoms with Crippen molar-refractivity contribution in [1.29, 1.82) is 0 Å². The molecule has 0 saturated heterocycles. The fourth-order valence-corrected chi connectivity index (χ4v) is 2.89. The lowest BCUT2D eigenvalue weighted by atomic mass is 10.1. The quantitative estimate of drug-likeness (QED) is 0.422. The van der Waals surface area contributed by atoms with Gasteiger partial charge in [0.15, 0.2) is 11.4 Å². The van der Waals surface area contributed by atoms with Crippen LogP contribution in [0, 0.1) is 5.82 Å². The van der Waals surface area contributed by atoms with Crippen LogP contribution in [-0.2, 0) is 10.9 Å². The molecule has 0 radical (unpaired) electrons. The Morgan fingerprint density at radius 3 is 2.45 bits per heavy atom. The maximum absolute atomic E-state index is 13.6. The Balaban J connectivity index is 1.60. The normalized spacial score (nSPS) is 12.5. The molecule has 2 aromatic carbocycles. The van der Waals surface area contributed by atoms with Crippen molar-refractivity contribution in [2.75, 3.05) is 13.2 Å². The Bertz CT molecular complexity index is 1000. The number of carbonyl (C=O) groups excluding carboxylic acids is 1. The minimum absolute atomic E-state index is 0.0661. The second-order valence-corrected chi connectivity index (χ2v) is 6.71. The predicted molar refractivity (Wildman–Crippen MR) is 104 cm³/mol. The van der Waals surface area contributed by atoms with Crippen LogP contribution >= 0.6 is 0 Å². The molecule has 0 aliphatic heterocycles. The largest absolute Gasteiger partial charge is 0.435 e. The van der Waals surface area contributed by atoms with Crippen molar-refractivity contribution < 1.29 is 27.1 Å². The Morgan fingerprint density at radius 1 is 1.13 bits per heavy atom. The van der Waals surface area contributed by atoms with Gasteiger partial charge in [-0.25, -0.2) is 9.07 Å². The van der Waals surface area contributed by atoms with Gasteiger partial charge >= 0.3 is 6.18 Å². The standard InChI is InChI=1S/C21H20F4N4O2/c1-14(15-6-3-2-4-7-15)31-13-5-12-26-20(30)18-19(21(23,24)25)29(28-27-18)17-10-8-16(22)9-11-17/h2-4,6-11,14H,5,12-13H2,1H3,(H,26,30). The summed E-state index contributed by atoms with van der Waals surface area (Å²) in [5.41, 5.74) is -1.25. The van der Waals surface area contributed by atoms with Crippen molar-refractivity contribution in [1.82, 2.24) is 20.3 Å². The maximum atomic E-state index is 13.6. The first kappa shape index (κ1) is 22.4. The van der Waals surface area contributed by atoms with Crippen molar-refractivity contribution in [3.05, 3.63) is 77.4 Å². The van der Waals surface area contributed by atoms with Gasteiger partial charge in [-0.3, -0.25) is 4.79 Å². The summed E-state index contributed by atoms with van der Waals surface area (Å²) in [7, 11) is 0. The van der Waals surface area contributed by atoms with Crippen molar-refractivity contribution in [3.63, 3.8) is 0 Å². The first-order valence-electron chi connectivity index (χ1n) is 9.51. The van der Waals surface area contributed by atoms with Crippen molar-refractivity contribution in [2.45, 2.75) is 25.6 Å². The van der Waals surface area contributed by atoms with Gasteiger partial charge in [-0.1, -0.05) is 35.5 Å². The molecule has 0 saturated carbocycles. The highest BCUT2D eigenvalue weighted by molar-refractivity contribution is 5.93. The number of alkyl halides is 3. The molecule has 1 N–H and O–H groups in total. The van der Waals surface area contributed by atoms with Crippen LogP contribution in [0.5, 0.6) is 0 Å². The van der Waals surface area contributed by atoms with Gasteiger partial charge in [0, 0.05) is 13.2 Å². The predicted octanol–water partition coefficient (Wildman–Crippen LogP) is 4.32.